The van der Waals surface area contributed by atoms with E-state index in [9.17, 15) is 24.0 Å². The quantitative estimate of drug-likeness (QED) is 0.172. The zero-order valence-corrected chi connectivity index (χ0v) is 31.8. The number of piperazine rings is 1. The summed E-state index contributed by atoms with van der Waals surface area (Å²) in [6.45, 7) is 2.60. The van der Waals surface area contributed by atoms with E-state index in [-0.39, 0.29) is 48.2 Å². The Hall–Kier alpha value is -5.63. The van der Waals surface area contributed by atoms with Crippen LogP contribution in [0.3, 0.4) is 0 Å². The van der Waals surface area contributed by atoms with Gasteiger partial charge in [-0.1, -0.05) is 24.3 Å². The van der Waals surface area contributed by atoms with E-state index in [1.165, 1.54) is 27.9 Å². The standard InChI is InChI=1S/C42H44FN7O5S/c43-35-23-30(22-33-34(35)24-50(41(33)55)25-38(52)47-42-44-15-20-56-42)29-7-11-32(12-8-29)48-16-18-49(19-17-48)39(53)21-26-1-3-27(4-2-26)28-5-9-31(10-6-28)45-36-13-14-37(51)46-40(36)54/h5-12,15,20,22-23,26-27,36,45H,1-4,13-14,16-19,21,24-25H2,(H,44,47,52)(H,46,51,54)/t26?,27?,36-/m1/s1. The molecule has 1 atom stereocenters. The van der Waals surface area contributed by atoms with Crippen LogP contribution in [-0.4, -0.2) is 83.1 Å². The molecular formula is C42H44FN7O5S. The predicted octanol–water partition coefficient (Wildman–Crippen LogP) is 5.77. The van der Waals surface area contributed by atoms with Crippen molar-refractivity contribution in [1.29, 1.82) is 0 Å². The average molecular weight is 778 g/mol. The van der Waals surface area contributed by atoms with Gasteiger partial charge in [0.15, 0.2) is 5.13 Å². The van der Waals surface area contributed by atoms with Gasteiger partial charge >= 0.3 is 0 Å². The molecule has 0 spiro atoms. The molecule has 0 bridgehead atoms. The molecule has 1 aromatic heterocycles. The summed E-state index contributed by atoms with van der Waals surface area (Å²) in [6.07, 6.45) is 7.11. The molecule has 4 aliphatic rings. The molecule has 1 saturated carbocycles. The molecule has 4 heterocycles. The van der Waals surface area contributed by atoms with Crippen LogP contribution < -0.4 is 20.9 Å². The molecule has 12 nitrogen and oxygen atoms in total. The second-order valence-corrected chi connectivity index (χ2v) is 16.0. The van der Waals surface area contributed by atoms with Crippen LogP contribution in [0.15, 0.2) is 72.2 Å². The van der Waals surface area contributed by atoms with Gasteiger partial charge in [-0.25, -0.2) is 9.37 Å². The zero-order chi connectivity index (χ0) is 38.8. The van der Waals surface area contributed by atoms with E-state index in [1.807, 2.05) is 41.3 Å². The monoisotopic (exact) mass is 777 g/mol. The second-order valence-electron chi connectivity index (χ2n) is 15.1. The Balaban J connectivity index is 0.784. The van der Waals surface area contributed by atoms with Gasteiger partial charge in [-0.3, -0.25) is 29.3 Å². The molecule has 0 unspecified atom stereocenters. The van der Waals surface area contributed by atoms with Crippen molar-refractivity contribution in [3.63, 3.8) is 0 Å². The molecule has 2 saturated heterocycles. The van der Waals surface area contributed by atoms with Gasteiger partial charge in [0.2, 0.25) is 23.6 Å². The lowest BCUT2D eigenvalue weighted by Crippen LogP contribution is -2.49. The normalized spacial score (nSPS) is 21.1. The number of benzene rings is 3. The maximum absolute atomic E-state index is 15.3. The van der Waals surface area contributed by atoms with E-state index in [2.05, 4.69) is 38.0 Å². The molecule has 3 N–H and O–H groups in total. The highest BCUT2D eigenvalue weighted by Gasteiger charge is 2.33. The number of carbonyl (C=O) groups is 5. The third-order valence-corrected chi connectivity index (χ3v) is 12.2. The highest BCUT2D eigenvalue weighted by Crippen LogP contribution is 2.38. The van der Waals surface area contributed by atoms with E-state index < -0.39 is 11.9 Å². The first-order valence-corrected chi connectivity index (χ1v) is 20.2. The lowest BCUT2D eigenvalue weighted by Gasteiger charge is -2.37. The molecule has 5 amide bonds. The number of anilines is 3. The summed E-state index contributed by atoms with van der Waals surface area (Å²) >= 11 is 1.28. The van der Waals surface area contributed by atoms with Crippen LogP contribution in [0.2, 0.25) is 0 Å². The molecule has 14 heteroatoms. The van der Waals surface area contributed by atoms with Crippen LogP contribution >= 0.6 is 11.3 Å². The third kappa shape index (κ3) is 8.30. The number of thiazole rings is 1. The minimum absolute atomic E-state index is 0.0332. The first-order valence-electron chi connectivity index (χ1n) is 19.3. The van der Waals surface area contributed by atoms with Gasteiger partial charge in [-0.05, 0) is 97.0 Å². The van der Waals surface area contributed by atoms with Crippen molar-refractivity contribution in [2.45, 2.75) is 63.5 Å². The van der Waals surface area contributed by atoms with Crippen molar-refractivity contribution in [2.24, 2.45) is 5.92 Å². The number of imide groups is 1. The SMILES string of the molecule is O=C1CC[C@@H](Nc2ccc(C3CCC(CC(=O)N4CCN(c5ccc(-c6cc(F)c7c(c6)C(=O)N(CC(=O)Nc6nccs6)C7)cc5)CC4)CC3)cc2)C(=O)N1. The van der Waals surface area contributed by atoms with Crippen LogP contribution in [0.25, 0.3) is 11.1 Å². The van der Waals surface area contributed by atoms with E-state index in [1.54, 1.807) is 17.6 Å². The summed E-state index contributed by atoms with van der Waals surface area (Å²) in [5.41, 5.74) is 5.11. The Bertz CT molecular complexity index is 2110. The molecule has 290 valence electrons. The van der Waals surface area contributed by atoms with Crippen molar-refractivity contribution in [2.75, 3.05) is 48.3 Å². The highest BCUT2D eigenvalue weighted by molar-refractivity contribution is 7.13. The fourth-order valence-electron chi connectivity index (χ4n) is 8.37. The lowest BCUT2D eigenvalue weighted by molar-refractivity contribution is -0.134. The van der Waals surface area contributed by atoms with Crippen LogP contribution in [0, 0.1) is 11.7 Å². The van der Waals surface area contributed by atoms with Crippen molar-refractivity contribution in [1.82, 2.24) is 20.1 Å². The number of hydrogen-bond acceptors (Lipinski definition) is 9. The van der Waals surface area contributed by atoms with Gasteiger partial charge in [-0.15, -0.1) is 11.3 Å². The summed E-state index contributed by atoms with van der Waals surface area (Å²) in [5, 5.41) is 10.5. The van der Waals surface area contributed by atoms with Gasteiger partial charge in [0.25, 0.3) is 5.91 Å². The van der Waals surface area contributed by atoms with Gasteiger partial charge in [0.05, 0.1) is 6.54 Å². The summed E-state index contributed by atoms with van der Waals surface area (Å²) in [6, 6.07) is 18.8. The van der Waals surface area contributed by atoms with Gasteiger partial charge < -0.3 is 25.3 Å². The van der Waals surface area contributed by atoms with Crippen LogP contribution in [0.5, 0.6) is 0 Å². The Morgan fingerprint density at radius 2 is 1.64 bits per heavy atom. The van der Waals surface area contributed by atoms with Gasteiger partial charge in [-0.2, -0.15) is 0 Å². The Kier molecular flexibility index (Phi) is 10.8. The number of rotatable bonds is 10. The fourth-order valence-corrected chi connectivity index (χ4v) is 8.92. The molecule has 0 radical (unpaired) electrons. The number of halogens is 1. The Labute approximate surface area is 328 Å². The molecule has 56 heavy (non-hydrogen) atoms. The van der Waals surface area contributed by atoms with Crippen molar-refractivity contribution in [3.8, 4) is 11.1 Å². The van der Waals surface area contributed by atoms with E-state index in [0.29, 0.717) is 60.4 Å². The van der Waals surface area contributed by atoms with Crippen LogP contribution in [0.4, 0.5) is 20.9 Å². The molecule has 8 rings (SSSR count). The molecule has 1 aliphatic carbocycles. The van der Waals surface area contributed by atoms with E-state index in [0.717, 1.165) is 55.7 Å². The van der Waals surface area contributed by atoms with Crippen LogP contribution in [-0.2, 0) is 25.7 Å². The largest absolute Gasteiger partial charge is 0.374 e. The Morgan fingerprint density at radius 1 is 0.893 bits per heavy atom. The number of hydrogen-bond donors (Lipinski definition) is 3. The first kappa shape index (κ1) is 37.3. The minimum atomic E-state index is -0.473. The summed E-state index contributed by atoms with van der Waals surface area (Å²) < 4.78 is 15.3. The zero-order valence-electron chi connectivity index (χ0n) is 31.0. The molecule has 3 aromatic carbocycles. The maximum Gasteiger partial charge on any atom is 0.255 e. The van der Waals surface area contributed by atoms with E-state index >= 15 is 4.39 Å². The number of fused-ring (bicyclic) bond motifs is 1. The topological polar surface area (TPSA) is 144 Å². The van der Waals surface area contributed by atoms with Crippen LogP contribution in [0.1, 0.15) is 72.3 Å². The minimum Gasteiger partial charge on any atom is -0.374 e. The number of piperidine rings is 1. The van der Waals surface area contributed by atoms with E-state index in [4.69, 9.17) is 0 Å². The van der Waals surface area contributed by atoms with Gasteiger partial charge in [0.1, 0.15) is 18.4 Å². The van der Waals surface area contributed by atoms with Gasteiger partial charge in [0, 0.05) is 73.1 Å². The number of aromatic nitrogens is 1. The molecule has 4 aromatic rings. The fraction of sp³-hybridized carbons (Fsp3) is 0.381. The van der Waals surface area contributed by atoms with Crippen molar-refractivity contribution >= 4 is 57.4 Å². The molecule has 3 aliphatic heterocycles. The maximum atomic E-state index is 15.3. The van der Waals surface area contributed by atoms with Crippen molar-refractivity contribution < 1.29 is 28.4 Å². The summed E-state index contributed by atoms with van der Waals surface area (Å²) in [7, 11) is 0. The molecular weight excluding hydrogens is 734 g/mol. The first-order chi connectivity index (χ1) is 27.2. The third-order valence-electron chi connectivity index (χ3n) is 11.5. The Morgan fingerprint density at radius 3 is 2.34 bits per heavy atom. The molecule has 3 fully saturated rings. The smallest absolute Gasteiger partial charge is 0.255 e. The lowest BCUT2D eigenvalue weighted by atomic mass is 9.77. The summed E-state index contributed by atoms with van der Waals surface area (Å²) in [5.74, 6) is -0.675. The second kappa shape index (κ2) is 16.2. The number of amides is 5. The number of nitrogens with zero attached hydrogens (tertiary/aromatic N) is 4. The highest BCUT2D eigenvalue weighted by atomic mass is 32.1. The van der Waals surface area contributed by atoms with Crippen molar-refractivity contribution in [3.05, 3.63) is 94.7 Å². The number of nitrogens with one attached hydrogen (secondary N) is 3. The summed E-state index contributed by atoms with van der Waals surface area (Å²) in [4.78, 5) is 72.1. The number of carbonyl (C=O) groups excluding carboxylic acids is 5. The predicted molar refractivity (Wildman–Crippen MR) is 212 cm³/mol. The average Bonchev–Trinajstić information content (AvgIpc) is 3.84.